The van der Waals surface area contributed by atoms with Crippen molar-refractivity contribution in [2.45, 2.75) is 31.5 Å². The summed E-state index contributed by atoms with van der Waals surface area (Å²) in [5.74, 6) is -1.77. The van der Waals surface area contributed by atoms with Gasteiger partial charge < -0.3 is 14.6 Å². The van der Waals surface area contributed by atoms with Crippen molar-refractivity contribution in [1.82, 2.24) is 9.55 Å². The summed E-state index contributed by atoms with van der Waals surface area (Å²) in [6.45, 7) is 0.852. The summed E-state index contributed by atoms with van der Waals surface area (Å²) < 4.78 is 25.2. The Kier molecular flexibility index (Phi) is 3.57. The summed E-state index contributed by atoms with van der Waals surface area (Å²) in [5.41, 5.74) is -0.897. The molecule has 3 atom stereocenters. The van der Waals surface area contributed by atoms with Gasteiger partial charge in [-0.15, -0.1) is 0 Å². The molecule has 0 aliphatic carbocycles. The van der Waals surface area contributed by atoms with Gasteiger partial charge in [-0.3, -0.25) is 14.3 Å². The van der Waals surface area contributed by atoms with Crippen molar-refractivity contribution in [1.29, 1.82) is 0 Å². The van der Waals surface area contributed by atoms with E-state index in [9.17, 15) is 19.1 Å². The average molecular weight is 274 g/mol. The quantitative estimate of drug-likeness (QED) is 0.770. The number of aromatic nitrogens is 2. The summed E-state index contributed by atoms with van der Waals surface area (Å²) in [6, 6.07) is 0. The second-order valence-electron chi connectivity index (χ2n) is 4.43. The van der Waals surface area contributed by atoms with Gasteiger partial charge in [-0.05, 0) is 6.92 Å². The van der Waals surface area contributed by atoms with Crippen LogP contribution in [-0.4, -0.2) is 40.3 Å². The Morgan fingerprint density at radius 1 is 1.68 bits per heavy atom. The number of hydrogen-bond acceptors (Lipinski definition) is 5. The van der Waals surface area contributed by atoms with E-state index < -0.39 is 36.0 Å². The second-order valence-corrected chi connectivity index (χ2v) is 4.43. The van der Waals surface area contributed by atoms with E-state index in [2.05, 4.69) is 4.98 Å². The molecule has 2 rings (SSSR count). The number of alkyl halides is 1. The van der Waals surface area contributed by atoms with Crippen LogP contribution >= 0.6 is 0 Å². The van der Waals surface area contributed by atoms with E-state index in [4.69, 9.17) is 9.47 Å². The highest BCUT2D eigenvalue weighted by Gasteiger charge is 2.50. The van der Waals surface area contributed by atoms with Crippen molar-refractivity contribution in [2.75, 3.05) is 13.7 Å². The van der Waals surface area contributed by atoms with E-state index >= 15 is 0 Å². The number of ether oxygens (including phenoxy) is 2. The van der Waals surface area contributed by atoms with Crippen LogP contribution in [-0.2, 0) is 9.47 Å². The van der Waals surface area contributed by atoms with Crippen molar-refractivity contribution in [3.8, 4) is 0 Å². The van der Waals surface area contributed by atoms with Crippen LogP contribution in [0.4, 0.5) is 4.39 Å². The molecule has 0 amide bonds. The maximum Gasteiger partial charge on any atom is 0.330 e. The Hall–Kier alpha value is -1.51. The van der Waals surface area contributed by atoms with Gasteiger partial charge in [-0.2, -0.15) is 0 Å². The minimum Gasteiger partial charge on any atom is -0.391 e. The molecule has 1 aromatic rings. The predicted octanol–water partition coefficient (Wildman–Crippen LogP) is -0.563. The molecule has 7 nitrogen and oxygen atoms in total. The lowest BCUT2D eigenvalue weighted by atomic mass is 10.1. The van der Waals surface area contributed by atoms with Gasteiger partial charge in [0.1, 0.15) is 12.8 Å². The van der Waals surface area contributed by atoms with E-state index in [1.54, 1.807) is 0 Å². The maximum absolute atomic E-state index is 13.9. The topological polar surface area (TPSA) is 93.5 Å². The third-order valence-corrected chi connectivity index (χ3v) is 3.24. The Morgan fingerprint density at radius 2 is 2.37 bits per heavy atom. The third-order valence-electron chi connectivity index (χ3n) is 3.24. The Balaban J connectivity index is 2.38. The Morgan fingerprint density at radius 3 is 2.89 bits per heavy atom. The molecular formula is C11H15FN2O5. The lowest BCUT2D eigenvalue weighted by Crippen LogP contribution is -2.43. The molecule has 2 heterocycles. The molecule has 1 fully saturated rings. The number of aliphatic hydroxyl groups excluding tert-OH is 1. The van der Waals surface area contributed by atoms with Gasteiger partial charge in [-0.1, -0.05) is 0 Å². The number of aryl methyl sites for hydroxylation is 1. The minimum atomic E-state index is -1.77. The van der Waals surface area contributed by atoms with Crippen LogP contribution in [0.5, 0.6) is 0 Å². The number of aliphatic hydroxyl groups is 1. The highest BCUT2D eigenvalue weighted by molar-refractivity contribution is 5.02. The molecular weight excluding hydrogens is 259 g/mol. The summed E-state index contributed by atoms with van der Waals surface area (Å²) >= 11 is 0. The number of nitrogens with zero attached hydrogens (tertiary/aromatic N) is 1. The van der Waals surface area contributed by atoms with Crippen LogP contribution in [0.25, 0.3) is 0 Å². The van der Waals surface area contributed by atoms with E-state index in [-0.39, 0.29) is 6.42 Å². The van der Waals surface area contributed by atoms with Gasteiger partial charge in [0.15, 0.2) is 6.17 Å². The number of halogens is 1. The largest absolute Gasteiger partial charge is 0.391 e. The first kappa shape index (κ1) is 13.9. The van der Waals surface area contributed by atoms with Crippen LogP contribution in [0.15, 0.2) is 15.8 Å². The molecule has 8 heteroatoms. The van der Waals surface area contributed by atoms with Gasteiger partial charge in [-0.25, -0.2) is 9.18 Å². The number of H-pyrrole nitrogens is 1. The highest BCUT2D eigenvalue weighted by atomic mass is 19.1. The summed E-state index contributed by atoms with van der Waals surface area (Å²) in [5, 5.41) is 9.18. The zero-order valence-corrected chi connectivity index (χ0v) is 10.6. The van der Waals surface area contributed by atoms with Crippen LogP contribution in [0.3, 0.4) is 0 Å². The van der Waals surface area contributed by atoms with Gasteiger partial charge >= 0.3 is 5.69 Å². The molecule has 1 saturated heterocycles. The zero-order valence-electron chi connectivity index (χ0n) is 10.6. The highest BCUT2D eigenvalue weighted by Crippen LogP contribution is 2.38. The number of rotatable bonds is 3. The molecule has 0 radical (unpaired) electrons. The first-order chi connectivity index (χ1) is 8.93. The van der Waals surface area contributed by atoms with Crippen LogP contribution in [0.2, 0.25) is 0 Å². The fourth-order valence-electron chi connectivity index (χ4n) is 2.06. The van der Waals surface area contributed by atoms with Crippen LogP contribution in [0.1, 0.15) is 18.2 Å². The Labute approximate surface area is 107 Å². The molecule has 1 aromatic heterocycles. The number of hydrogen-bond donors (Lipinski definition) is 2. The SMILES string of the molecule is CO[C@]1(CO)O[C@@H](n2cc(C)c(=O)[nH]c2=O)CC1F. The molecule has 1 unspecified atom stereocenters. The first-order valence-electron chi connectivity index (χ1n) is 5.73. The molecule has 1 aliphatic rings. The lowest BCUT2D eigenvalue weighted by molar-refractivity contribution is -0.260. The van der Waals surface area contributed by atoms with Gasteiger partial charge in [0.25, 0.3) is 5.56 Å². The summed E-state index contributed by atoms with van der Waals surface area (Å²) in [4.78, 5) is 25.0. The van der Waals surface area contributed by atoms with Crippen molar-refractivity contribution < 1.29 is 19.0 Å². The van der Waals surface area contributed by atoms with E-state index in [0.29, 0.717) is 5.56 Å². The molecule has 0 aromatic carbocycles. The first-order valence-corrected chi connectivity index (χ1v) is 5.73. The molecule has 106 valence electrons. The second kappa shape index (κ2) is 4.87. The minimum absolute atomic E-state index is 0.153. The smallest absolute Gasteiger partial charge is 0.330 e. The normalized spacial score (nSPS) is 30.7. The fraction of sp³-hybridized carbons (Fsp3) is 0.636. The Bertz CT molecular complexity index is 577. The standard InChI is InChI=1S/C11H15FN2O5/c1-6-4-14(10(17)13-9(6)16)8-3-7(12)11(5-15,18-2)19-8/h4,7-8,15H,3,5H2,1-2H3,(H,13,16,17)/t7?,8-,11-/m1/s1. The average Bonchev–Trinajstić information content (AvgIpc) is 2.71. The lowest BCUT2D eigenvalue weighted by Gasteiger charge is -2.27. The van der Waals surface area contributed by atoms with Gasteiger partial charge in [0.05, 0.1) is 0 Å². The number of aromatic amines is 1. The monoisotopic (exact) mass is 274 g/mol. The summed E-state index contributed by atoms with van der Waals surface area (Å²) in [6.07, 6.45) is -1.38. The summed E-state index contributed by atoms with van der Waals surface area (Å²) in [7, 11) is 1.21. The van der Waals surface area contributed by atoms with Crippen LogP contribution in [0, 0.1) is 6.92 Å². The van der Waals surface area contributed by atoms with Gasteiger partial charge in [0.2, 0.25) is 5.79 Å². The molecule has 19 heavy (non-hydrogen) atoms. The predicted molar refractivity (Wildman–Crippen MR) is 62.5 cm³/mol. The van der Waals surface area contributed by atoms with Crippen molar-refractivity contribution in [3.63, 3.8) is 0 Å². The molecule has 0 saturated carbocycles. The molecule has 0 spiro atoms. The molecule has 0 bridgehead atoms. The van der Waals surface area contributed by atoms with Crippen LogP contribution < -0.4 is 11.2 Å². The third kappa shape index (κ3) is 2.22. The molecule has 1 aliphatic heterocycles. The van der Waals surface area contributed by atoms with E-state index in [0.717, 1.165) is 4.57 Å². The zero-order chi connectivity index (χ0) is 14.2. The van der Waals surface area contributed by atoms with Crippen molar-refractivity contribution in [3.05, 3.63) is 32.6 Å². The number of nitrogens with one attached hydrogen (secondary N) is 1. The van der Waals surface area contributed by atoms with E-state index in [1.807, 2.05) is 0 Å². The van der Waals surface area contributed by atoms with E-state index in [1.165, 1.54) is 20.2 Å². The van der Waals surface area contributed by atoms with Crippen molar-refractivity contribution in [2.24, 2.45) is 0 Å². The molecule has 2 N–H and O–H groups in total. The maximum atomic E-state index is 13.9. The number of methoxy groups -OCH3 is 1. The van der Waals surface area contributed by atoms with Crippen molar-refractivity contribution >= 4 is 0 Å². The van der Waals surface area contributed by atoms with Gasteiger partial charge in [0, 0.05) is 25.3 Å². The fourth-order valence-corrected chi connectivity index (χ4v) is 2.06.